The number of aromatic carboxylic acids is 1. The first-order valence-electron chi connectivity index (χ1n) is 8.98. The fourth-order valence-electron chi connectivity index (χ4n) is 3.40. The molecule has 27 heavy (non-hydrogen) atoms. The number of carboxylic acids is 1. The maximum Gasteiger partial charge on any atom is 0.339 e. The summed E-state index contributed by atoms with van der Waals surface area (Å²) in [5.41, 5.74) is 1.33. The highest BCUT2D eigenvalue weighted by Gasteiger charge is 2.25. The third kappa shape index (κ3) is 4.58. The van der Waals surface area contributed by atoms with Crippen molar-refractivity contribution in [3.63, 3.8) is 0 Å². The summed E-state index contributed by atoms with van der Waals surface area (Å²) in [6.07, 6.45) is 3.49. The van der Waals surface area contributed by atoms with E-state index in [-0.39, 0.29) is 17.4 Å². The van der Waals surface area contributed by atoms with E-state index in [0.717, 1.165) is 25.1 Å². The minimum atomic E-state index is -0.983. The van der Waals surface area contributed by atoms with Crippen LogP contribution in [0.4, 0.5) is 5.82 Å². The van der Waals surface area contributed by atoms with Crippen LogP contribution >= 0.6 is 0 Å². The van der Waals surface area contributed by atoms with Crippen LogP contribution in [0.2, 0.25) is 0 Å². The molecule has 1 aliphatic rings. The fraction of sp³-hybridized carbons (Fsp3) is 0.421. The average Bonchev–Trinajstić information content (AvgIpc) is 2.65. The van der Waals surface area contributed by atoms with Gasteiger partial charge in [0.1, 0.15) is 22.9 Å². The Morgan fingerprint density at radius 2 is 2.15 bits per heavy atom. The number of aromatic nitrogens is 3. The molecule has 1 saturated heterocycles. The third-order valence-electron chi connectivity index (χ3n) is 4.59. The minimum Gasteiger partial charge on any atom is -0.478 e. The van der Waals surface area contributed by atoms with E-state index in [1.54, 1.807) is 31.3 Å². The molecule has 142 valence electrons. The van der Waals surface area contributed by atoms with E-state index in [9.17, 15) is 14.7 Å². The summed E-state index contributed by atoms with van der Waals surface area (Å²) in [7, 11) is 0. The number of hydrogen-bond donors (Lipinski definition) is 2. The molecule has 0 aliphatic carbocycles. The van der Waals surface area contributed by atoms with Gasteiger partial charge in [0.2, 0.25) is 0 Å². The maximum absolute atomic E-state index is 12.4. The normalized spacial score (nSPS) is 16.8. The number of carbonyl (C=O) groups excluding carboxylic acids is 1. The summed E-state index contributed by atoms with van der Waals surface area (Å²) in [6, 6.07) is 4.86. The number of anilines is 1. The molecule has 0 aromatic carbocycles. The summed E-state index contributed by atoms with van der Waals surface area (Å²) in [4.78, 5) is 38.4. The number of piperidine rings is 1. The van der Waals surface area contributed by atoms with Gasteiger partial charge in [0.05, 0.1) is 0 Å². The number of carboxylic acid groups (broad SMARTS) is 1. The second-order valence-electron chi connectivity index (χ2n) is 6.79. The molecule has 2 aromatic heterocycles. The van der Waals surface area contributed by atoms with Crippen LogP contribution in [0.5, 0.6) is 0 Å². The molecule has 2 aromatic rings. The van der Waals surface area contributed by atoms with Gasteiger partial charge in [-0.1, -0.05) is 0 Å². The first-order valence-corrected chi connectivity index (χ1v) is 8.98. The average molecular weight is 369 g/mol. The van der Waals surface area contributed by atoms with Gasteiger partial charge in [0.15, 0.2) is 0 Å². The molecule has 2 N–H and O–H groups in total. The predicted molar refractivity (Wildman–Crippen MR) is 100.0 cm³/mol. The lowest BCUT2D eigenvalue weighted by Gasteiger charge is -2.34. The third-order valence-corrected chi connectivity index (χ3v) is 4.59. The second-order valence-corrected chi connectivity index (χ2v) is 6.79. The molecule has 1 aliphatic heterocycles. The summed E-state index contributed by atoms with van der Waals surface area (Å²) in [5, 5.41) is 12.3. The summed E-state index contributed by atoms with van der Waals surface area (Å²) >= 11 is 0. The van der Waals surface area contributed by atoms with Crippen molar-refractivity contribution in [1.82, 2.24) is 20.3 Å². The molecule has 3 rings (SSSR count). The van der Waals surface area contributed by atoms with Gasteiger partial charge in [-0.25, -0.2) is 19.7 Å². The van der Waals surface area contributed by atoms with E-state index >= 15 is 0 Å². The van der Waals surface area contributed by atoms with Gasteiger partial charge in [-0.3, -0.25) is 4.79 Å². The molecule has 3 heterocycles. The van der Waals surface area contributed by atoms with Crippen molar-refractivity contribution in [3.05, 3.63) is 47.2 Å². The summed E-state index contributed by atoms with van der Waals surface area (Å²) < 4.78 is 0. The van der Waals surface area contributed by atoms with E-state index in [4.69, 9.17) is 0 Å². The zero-order chi connectivity index (χ0) is 19.4. The molecule has 1 fully saturated rings. The minimum absolute atomic E-state index is 0.203. The van der Waals surface area contributed by atoms with Crippen molar-refractivity contribution in [2.24, 2.45) is 5.92 Å². The quantitative estimate of drug-likeness (QED) is 0.828. The van der Waals surface area contributed by atoms with Crippen LogP contribution < -0.4 is 10.2 Å². The zero-order valence-corrected chi connectivity index (χ0v) is 15.5. The van der Waals surface area contributed by atoms with Crippen molar-refractivity contribution in [3.8, 4) is 0 Å². The van der Waals surface area contributed by atoms with Gasteiger partial charge in [-0.2, -0.15) is 0 Å². The lowest BCUT2D eigenvalue weighted by Crippen LogP contribution is -2.42. The van der Waals surface area contributed by atoms with Crippen LogP contribution in [0, 0.1) is 19.8 Å². The Morgan fingerprint density at radius 1 is 1.33 bits per heavy atom. The van der Waals surface area contributed by atoms with Crippen LogP contribution in [-0.2, 0) is 0 Å². The van der Waals surface area contributed by atoms with Crippen LogP contribution in [0.15, 0.2) is 24.4 Å². The van der Waals surface area contributed by atoms with Crippen molar-refractivity contribution >= 4 is 17.7 Å². The van der Waals surface area contributed by atoms with Crippen molar-refractivity contribution in [2.75, 3.05) is 24.5 Å². The first-order chi connectivity index (χ1) is 12.9. The Hall–Kier alpha value is -3.03. The number of rotatable bonds is 5. The van der Waals surface area contributed by atoms with Gasteiger partial charge < -0.3 is 15.3 Å². The molecule has 0 spiro atoms. The van der Waals surface area contributed by atoms with Gasteiger partial charge in [-0.15, -0.1) is 0 Å². The van der Waals surface area contributed by atoms with Crippen LogP contribution in [-0.4, -0.2) is 51.6 Å². The van der Waals surface area contributed by atoms with Crippen LogP contribution in [0.1, 0.15) is 45.2 Å². The smallest absolute Gasteiger partial charge is 0.339 e. The second kappa shape index (κ2) is 8.11. The Bertz CT molecular complexity index is 835. The lowest BCUT2D eigenvalue weighted by molar-refractivity contribution is 0.0696. The fourth-order valence-corrected chi connectivity index (χ4v) is 3.40. The molecule has 1 amide bonds. The highest BCUT2D eigenvalue weighted by Crippen LogP contribution is 2.24. The highest BCUT2D eigenvalue weighted by molar-refractivity contribution is 5.93. The van der Waals surface area contributed by atoms with Crippen molar-refractivity contribution in [1.29, 1.82) is 0 Å². The van der Waals surface area contributed by atoms with E-state index < -0.39 is 5.97 Å². The summed E-state index contributed by atoms with van der Waals surface area (Å²) in [6.45, 7) is 5.51. The Morgan fingerprint density at radius 3 is 2.89 bits per heavy atom. The number of amides is 1. The predicted octanol–water partition coefficient (Wildman–Crippen LogP) is 1.83. The molecule has 8 nitrogen and oxygen atoms in total. The summed E-state index contributed by atoms with van der Waals surface area (Å²) in [5.74, 6) is 0.0756. The molecule has 0 saturated carbocycles. The largest absolute Gasteiger partial charge is 0.478 e. The molecular formula is C19H23N5O3. The topological polar surface area (TPSA) is 108 Å². The van der Waals surface area contributed by atoms with Crippen molar-refractivity contribution < 1.29 is 14.7 Å². The van der Waals surface area contributed by atoms with Crippen LogP contribution in [0.3, 0.4) is 0 Å². The molecule has 0 radical (unpaired) electrons. The Balaban J connectivity index is 1.64. The SMILES string of the molecule is Cc1cc(C(=O)NCC2CCCN(c3ncccc3C(=O)O)C2)nc(C)n1. The first kappa shape index (κ1) is 18.8. The van der Waals surface area contributed by atoms with Gasteiger partial charge in [0, 0.05) is 31.5 Å². The van der Waals surface area contributed by atoms with Crippen molar-refractivity contribution in [2.45, 2.75) is 26.7 Å². The molecule has 1 atom stereocenters. The standard InChI is InChI=1S/C19H23N5O3/c1-12-9-16(23-13(2)22-12)18(25)21-10-14-5-4-8-24(11-14)17-15(19(26)27)6-3-7-20-17/h3,6-7,9,14H,4-5,8,10-11H2,1-2H3,(H,21,25)(H,26,27). The maximum atomic E-state index is 12.4. The lowest BCUT2D eigenvalue weighted by atomic mass is 9.97. The van der Waals surface area contributed by atoms with E-state index in [1.165, 1.54) is 0 Å². The van der Waals surface area contributed by atoms with E-state index in [0.29, 0.717) is 30.4 Å². The Kier molecular flexibility index (Phi) is 5.63. The van der Waals surface area contributed by atoms with E-state index in [2.05, 4.69) is 20.3 Å². The molecule has 8 heteroatoms. The number of pyridine rings is 1. The van der Waals surface area contributed by atoms with Crippen LogP contribution in [0.25, 0.3) is 0 Å². The number of carbonyl (C=O) groups is 2. The number of nitrogens with zero attached hydrogens (tertiary/aromatic N) is 4. The number of hydrogen-bond acceptors (Lipinski definition) is 6. The number of aryl methyl sites for hydroxylation is 2. The van der Waals surface area contributed by atoms with Gasteiger partial charge >= 0.3 is 5.97 Å². The van der Waals surface area contributed by atoms with Gasteiger partial charge in [-0.05, 0) is 50.8 Å². The zero-order valence-electron chi connectivity index (χ0n) is 15.5. The Labute approximate surface area is 157 Å². The molecular weight excluding hydrogens is 346 g/mol. The molecule has 0 bridgehead atoms. The van der Waals surface area contributed by atoms with E-state index in [1.807, 2.05) is 11.8 Å². The van der Waals surface area contributed by atoms with Gasteiger partial charge in [0.25, 0.3) is 5.91 Å². The highest BCUT2D eigenvalue weighted by atomic mass is 16.4. The number of nitrogens with one attached hydrogen (secondary N) is 1. The monoisotopic (exact) mass is 369 g/mol. The molecule has 1 unspecified atom stereocenters.